The number of aryl methyl sites for hydroxylation is 3. The standard InChI is InChI=1S/C19H20ClN3OS/c1-5-15-21-12(4)16-10(2)17(25-19(16)23-15)18(24)22-11(3)13-6-8-14(20)9-7-13/h6-9,11H,5H2,1-4H3,(H,22,24). The van der Waals surface area contributed by atoms with Crippen LogP contribution < -0.4 is 5.32 Å². The van der Waals surface area contributed by atoms with E-state index in [4.69, 9.17) is 11.6 Å². The molecule has 1 unspecified atom stereocenters. The summed E-state index contributed by atoms with van der Waals surface area (Å²) in [6.45, 7) is 7.93. The van der Waals surface area contributed by atoms with Crippen LogP contribution in [0.1, 0.15) is 52.2 Å². The summed E-state index contributed by atoms with van der Waals surface area (Å²) in [5.41, 5.74) is 2.89. The van der Waals surface area contributed by atoms with E-state index in [9.17, 15) is 4.79 Å². The zero-order valence-electron chi connectivity index (χ0n) is 14.7. The van der Waals surface area contributed by atoms with Gasteiger partial charge in [0.2, 0.25) is 0 Å². The SMILES string of the molecule is CCc1nc(C)c2c(C)c(C(=O)NC(C)c3ccc(Cl)cc3)sc2n1. The monoisotopic (exact) mass is 373 g/mol. The topological polar surface area (TPSA) is 54.9 Å². The smallest absolute Gasteiger partial charge is 0.262 e. The fourth-order valence-electron chi connectivity index (χ4n) is 2.87. The van der Waals surface area contributed by atoms with Crippen molar-refractivity contribution in [1.82, 2.24) is 15.3 Å². The number of carbonyl (C=O) groups excluding carboxylic acids is 1. The molecule has 25 heavy (non-hydrogen) atoms. The molecule has 1 atom stereocenters. The Morgan fingerprint density at radius 2 is 1.92 bits per heavy atom. The molecule has 4 nitrogen and oxygen atoms in total. The highest BCUT2D eigenvalue weighted by molar-refractivity contribution is 7.20. The van der Waals surface area contributed by atoms with Gasteiger partial charge in [0.15, 0.2) is 0 Å². The van der Waals surface area contributed by atoms with Gasteiger partial charge in [0.1, 0.15) is 10.7 Å². The lowest BCUT2D eigenvalue weighted by molar-refractivity contribution is 0.0943. The molecule has 6 heteroatoms. The van der Waals surface area contributed by atoms with E-state index in [0.29, 0.717) is 9.90 Å². The van der Waals surface area contributed by atoms with Crippen molar-refractivity contribution in [2.45, 2.75) is 40.2 Å². The fraction of sp³-hybridized carbons (Fsp3) is 0.316. The summed E-state index contributed by atoms with van der Waals surface area (Å²) in [4.78, 5) is 23.5. The number of hydrogen-bond acceptors (Lipinski definition) is 4. The van der Waals surface area contributed by atoms with E-state index in [1.807, 2.05) is 52.0 Å². The molecule has 0 radical (unpaired) electrons. The quantitative estimate of drug-likeness (QED) is 0.698. The Hall–Kier alpha value is -1.98. The molecule has 0 saturated carbocycles. The van der Waals surface area contributed by atoms with Gasteiger partial charge in [0.25, 0.3) is 5.91 Å². The van der Waals surface area contributed by atoms with Crippen LogP contribution in [0.3, 0.4) is 0 Å². The average molecular weight is 374 g/mol. The van der Waals surface area contributed by atoms with Crippen molar-refractivity contribution in [2.24, 2.45) is 0 Å². The third-order valence-electron chi connectivity index (χ3n) is 4.26. The molecule has 2 aromatic heterocycles. The number of carbonyl (C=O) groups is 1. The first-order chi connectivity index (χ1) is 11.9. The number of amides is 1. The Kier molecular flexibility index (Phi) is 5.06. The summed E-state index contributed by atoms with van der Waals surface area (Å²) in [6, 6.07) is 7.40. The van der Waals surface area contributed by atoms with E-state index < -0.39 is 0 Å². The fourth-order valence-corrected chi connectivity index (χ4v) is 4.15. The molecule has 2 heterocycles. The van der Waals surface area contributed by atoms with Crippen LogP contribution in [-0.2, 0) is 6.42 Å². The summed E-state index contributed by atoms with van der Waals surface area (Å²) in [5.74, 6) is 0.730. The van der Waals surface area contributed by atoms with Gasteiger partial charge in [-0.05, 0) is 44.0 Å². The third-order valence-corrected chi connectivity index (χ3v) is 5.69. The molecule has 1 aromatic carbocycles. The minimum absolute atomic E-state index is 0.0830. The molecular weight excluding hydrogens is 354 g/mol. The molecule has 0 aliphatic heterocycles. The number of nitrogens with zero attached hydrogens (tertiary/aromatic N) is 2. The molecule has 0 saturated heterocycles. The second-order valence-electron chi connectivity index (χ2n) is 6.06. The molecule has 0 aliphatic rings. The normalized spacial score (nSPS) is 12.4. The highest BCUT2D eigenvalue weighted by Gasteiger charge is 2.20. The third kappa shape index (κ3) is 3.53. The van der Waals surface area contributed by atoms with E-state index in [1.165, 1.54) is 11.3 Å². The average Bonchev–Trinajstić information content (AvgIpc) is 2.92. The summed E-state index contributed by atoms with van der Waals surface area (Å²) in [5, 5.41) is 4.74. The van der Waals surface area contributed by atoms with Crippen molar-refractivity contribution >= 4 is 39.1 Å². The summed E-state index contributed by atoms with van der Waals surface area (Å²) < 4.78 is 0. The Bertz CT molecular complexity index is 934. The molecule has 0 fully saturated rings. The van der Waals surface area contributed by atoms with E-state index in [1.54, 1.807) is 0 Å². The molecule has 3 aromatic rings. The van der Waals surface area contributed by atoms with E-state index >= 15 is 0 Å². The minimum atomic E-state index is -0.104. The maximum atomic E-state index is 12.8. The van der Waals surface area contributed by atoms with Crippen molar-refractivity contribution in [3.63, 3.8) is 0 Å². The van der Waals surface area contributed by atoms with E-state index in [0.717, 1.165) is 39.3 Å². The van der Waals surface area contributed by atoms with Crippen LogP contribution in [0.25, 0.3) is 10.2 Å². The van der Waals surface area contributed by atoms with E-state index in [2.05, 4.69) is 15.3 Å². The Morgan fingerprint density at radius 1 is 1.24 bits per heavy atom. The number of thiophene rings is 1. The second kappa shape index (κ2) is 7.10. The van der Waals surface area contributed by atoms with Gasteiger partial charge < -0.3 is 5.32 Å². The van der Waals surface area contributed by atoms with Gasteiger partial charge in [-0.25, -0.2) is 9.97 Å². The van der Waals surface area contributed by atoms with E-state index in [-0.39, 0.29) is 11.9 Å². The molecule has 130 valence electrons. The van der Waals surface area contributed by atoms with Crippen molar-refractivity contribution in [3.05, 3.63) is 56.8 Å². The lowest BCUT2D eigenvalue weighted by Crippen LogP contribution is -2.26. The summed E-state index contributed by atoms with van der Waals surface area (Å²) in [7, 11) is 0. The van der Waals surface area contributed by atoms with Gasteiger partial charge in [-0.2, -0.15) is 0 Å². The predicted octanol–water partition coefficient (Wildman–Crippen LogP) is 5.01. The first kappa shape index (κ1) is 17.8. The molecular formula is C19H20ClN3OS. The maximum absolute atomic E-state index is 12.8. The lowest BCUT2D eigenvalue weighted by atomic mass is 10.1. The zero-order valence-corrected chi connectivity index (χ0v) is 16.3. The van der Waals surface area contributed by atoms with Gasteiger partial charge in [-0.15, -0.1) is 11.3 Å². The number of rotatable bonds is 4. The first-order valence-electron chi connectivity index (χ1n) is 8.23. The van der Waals surface area contributed by atoms with Crippen LogP contribution in [0.15, 0.2) is 24.3 Å². The second-order valence-corrected chi connectivity index (χ2v) is 7.50. The van der Waals surface area contributed by atoms with Crippen LogP contribution in [0, 0.1) is 13.8 Å². The molecule has 3 rings (SSSR count). The number of aromatic nitrogens is 2. The molecule has 1 N–H and O–H groups in total. The molecule has 1 amide bonds. The molecule has 0 bridgehead atoms. The lowest BCUT2D eigenvalue weighted by Gasteiger charge is -2.14. The summed E-state index contributed by atoms with van der Waals surface area (Å²) >= 11 is 7.36. The van der Waals surface area contributed by atoms with Crippen LogP contribution in [0.2, 0.25) is 5.02 Å². The van der Waals surface area contributed by atoms with Crippen molar-refractivity contribution in [1.29, 1.82) is 0 Å². The van der Waals surface area contributed by atoms with Gasteiger partial charge in [0, 0.05) is 22.5 Å². The van der Waals surface area contributed by atoms with Gasteiger partial charge in [0.05, 0.1) is 10.9 Å². The van der Waals surface area contributed by atoms with Crippen molar-refractivity contribution < 1.29 is 4.79 Å². The molecule has 0 spiro atoms. The minimum Gasteiger partial charge on any atom is -0.345 e. The highest BCUT2D eigenvalue weighted by Crippen LogP contribution is 2.31. The first-order valence-corrected chi connectivity index (χ1v) is 9.43. The maximum Gasteiger partial charge on any atom is 0.262 e. The van der Waals surface area contributed by atoms with Gasteiger partial charge in [-0.1, -0.05) is 30.7 Å². The number of benzene rings is 1. The van der Waals surface area contributed by atoms with Crippen molar-refractivity contribution in [2.75, 3.05) is 0 Å². The van der Waals surface area contributed by atoms with Gasteiger partial charge >= 0.3 is 0 Å². The Labute approximate surface area is 156 Å². The Morgan fingerprint density at radius 3 is 2.56 bits per heavy atom. The van der Waals surface area contributed by atoms with Gasteiger partial charge in [-0.3, -0.25) is 4.79 Å². The van der Waals surface area contributed by atoms with Crippen LogP contribution >= 0.6 is 22.9 Å². The number of hydrogen-bond donors (Lipinski definition) is 1. The number of halogens is 1. The van der Waals surface area contributed by atoms with Crippen LogP contribution in [0.5, 0.6) is 0 Å². The van der Waals surface area contributed by atoms with Crippen LogP contribution in [-0.4, -0.2) is 15.9 Å². The zero-order chi connectivity index (χ0) is 18.1. The highest BCUT2D eigenvalue weighted by atomic mass is 35.5. The Balaban J connectivity index is 1.90. The summed E-state index contributed by atoms with van der Waals surface area (Å²) in [6.07, 6.45) is 0.781. The number of nitrogens with one attached hydrogen (secondary N) is 1. The predicted molar refractivity (Wildman–Crippen MR) is 104 cm³/mol. The molecule has 0 aliphatic carbocycles. The van der Waals surface area contributed by atoms with Crippen molar-refractivity contribution in [3.8, 4) is 0 Å². The largest absolute Gasteiger partial charge is 0.345 e. The number of fused-ring (bicyclic) bond motifs is 1. The van der Waals surface area contributed by atoms with Crippen LogP contribution in [0.4, 0.5) is 0 Å².